The molecule has 0 aromatic carbocycles. The third-order valence-corrected chi connectivity index (χ3v) is 5.13. The number of unbranched alkanes of at least 4 members (excludes halogenated alkanes) is 1. The van der Waals surface area contributed by atoms with Crippen molar-refractivity contribution < 1.29 is 17.9 Å². The Hall–Kier alpha value is -2.67. The number of hydrogen-bond acceptors (Lipinski definition) is 4. The van der Waals surface area contributed by atoms with E-state index in [1.165, 1.54) is 12.5 Å². The predicted octanol–water partition coefficient (Wildman–Crippen LogP) is 7.41. The van der Waals surface area contributed by atoms with Gasteiger partial charge in [-0.05, 0) is 45.8 Å². The Morgan fingerprint density at radius 3 is 2.29 bits per heavy atom. The van der Waals surface area contributed by atoms with Crippen LogP contribution in [0.2, 0.25) is 0 Å². The second kappa shape index (κ2) is 16.0. The zero-order valence-corrected chi connectivity index (χ0v) is 21.6. The van der Waals surface area contributed by atoms with Gasteiger partial charge in [0, 0.05) is 25.0 Å². The van der Waals surface area contributed by atoms with Gasteiger partial charge >= 0.3 is 6.18 Å². The summed E-state index contributed by atoms with van der Waals surface area (Å²) >= 11 is 0. The molecule has 0 aliphatic rings. The number of ether oxygens (including phenoxy) is 1. The first-order valence-corrected chi connectivity index (χ1v) is 11.6. The molecule has 7 heteroatoms. The van der Waals surface area contributed by atoms with Crippen molar-refractivity contribution in [2.75, 3.05) is 20.2 Å². The Labute approximate surface area is 204 Å². The lowest BCUT2D eigenvalue weighted by atomic mass is 10.0. The van der Waals surface area contributed by atoms with Gasteiger partial charge in [-0.15, -0.1) is 0 Å². The van der Waals surface area contributed by atoms with Crippen molar-refractivity contribution in [1.29, 1.82) is 0 Å². The number of alkyl halides is 3. The Bertz CT molecular complexity index is 791. The first-order chi connectivity index (χ1) is 16.0. The number of hydrogen-bond donors (Lipinski definition) is 1. The highest BCUT2D eigenvalue weighted by Crippen LogP contribution is 2.29. The van der Waals surface area contributed by atoms with E-state index in [0.717, 1.165) is 30.9 Å². The summed E-state index contributed by atoms with van der Waals surface area (Å²) in [6, 6.07) is -0.00356. The van der Waals surface area contributed by atoms with Crippen LogP contribution in [0.4, 0.5) is 13.2 Å². The van der Waals surface area contributed by atoms with E-state index in [0.29, 0.717) is 12.2 Å². The topological polar surface area (TPSA) is 27.7 Å². The molecule has 1 unspecified atom stereocenters. The van der Waals surface area contributed by atoms with Crippen molar-refractivity contribution in [3.8, 4) is 0 Å². The van der Waals surface area contributed by atoms with Gasteiger partial charge in [-0.25, -0.2) is 5.01 Å². The van der Waals surface area contributed by atoms with Crippen molar-refractivity contribution >= 4 is 0 Å². The van der Waals surface area contributed by atoms with Gasteiger partial charge in [0.2, 0.25) is 5.76 Å². The van der Waals surface area contributed by atoms with Gasteiger partial charge < -0.3 is 15.1 Å². The van der Waals surface area contributed by atoms with Crippen LogP contribution in [-0.4, -0.2) is 42.4 Å². The van der Waals surface area contributed by atoms with E-state index in [4.69, 9.17) is 4.74 Å². The number of halogens is 3. The number of nitrogens with zero attached hydrogens (tertiary/aromatic N) is 2. The van der Waals surface area contributed by atoms with Gasteiger partial charge in [-0.3, -0.25) is 0 Å². The Morgan fingerprint density at radius 2 is 1.82 bits per heavy atom. The molecule has 34 heavy (non-hydrogen) atoms. The molecule has 0 bridgehead atoms. The van der Waals surface area contributed by atoms with Crippen LogP contribution in [-0.2, 0) is 4.74 Å². The van der Waals surface area contributed by atoms with Crippen LogP contribution < -0.4 is 5.32 Å². The molecular formula is C27H42F3N3O. The molecule has 0 aliphatic carbocycles. The predicted molar refractivity (Wildman–Crippen MR) is 137 cm³/mol. The highest BCUT2D eigenvalue weighted by Gasteiger charge is 2.38. The second-order valence-electron chi connectivity index (χ2n) is 7.93. The van der Waals surface area contributed by atoms with Crippen molar-refractivity contribution in [1.82, 2.24) is 15.3 Å². The Balaban J connectivity index is 5.91. The second-order valence-corrected chi connectivity index (χ2v) is 7.93. The Kier molecular flexibility index (Phi) is 14.8. The SMILES string of the molecule is C=C/C(NC(=C)/C(C)=C/C(CCCC)N(C)N(C=C)C/C(C)=C/C=C\C)=C(\OCC)C(F)(F)F. The molecule has 0 spiro atoms. The summed E-state index contributed by atoms with van der Waals surface area (Å²) < 4.78 is 45.1. The summed E-state index contributed by atoms with van der Waals surface area (Å²) in [7, 11) is 1.98. The molecule has 0 fully saturated rings. The van der Waals surface area contributed by atoms with Gasteiger partial charge in [0.15, 0.2) is 0 Å². The molecule has 0 amide bonds. The lowest BCUT2D eigenvalue weighted by molar-refractivity contribution is -0.131. The monoisotopic (exact) mass is 481 g/mol. The van der Waals surface area contributed by atoms with Crippen LogP contribution in [0, 0.1) is 0 Å². The molecule has 4 nitrogen and oxygen atoms in total. The summed E-state index contributed by atoms with van der Waals surface area (Å²) in [6.45, 7) is 21.4. The summed E-state index contributed by atoms with van der Waals surface area (Å²) in [5.41, 5.74) is 1.99. The van der Waals surface area contributed by atoms with E-state index in [2.05, 4.69) is 50.0 Å². The van der Waals surface area contributed by atoms with E-state index < -0.39 is 11.9 Å². The molecule has 0 radical (unpaired) electrons. The molecule has 0 rings (SSSR count). The molecule has 192 valence electrons. The molecule has 1 atom stereocenters. The lowest BCUT2D eigenvalue weighted by Crippen LogP contribution is -2.43. The van der Waals surface area contributed by atoms with Crippen molar-refractivity contribution in [3.05, 3.63) is 84.6 Å². The molecule has 0 saturated carbocycles. The maximum Gasteiger partial charge on any atom is 0.451 e. The molecule has 0 saturated heterocycles. The van der Waals surface area contributed by atoms with Crippen LogP contribution in [0.3, 0.4) is 0 Å². The van der Waals surface area contributed by atoms with Gasteiger partial charge in [-0.2, -0.15) is 13.2 Å². The minimum absolute atomic E-state index is 0.00356. The number of rotatable bonds is 16. The van der Waals surface area contributed by atoms with E-state index in [1.54, 1.807) is 6.20 Å². The highest BCUT2D eigenvalue weighted by molar-refractivity contribution is 5.34. The third-order valence-electron chi connectivity index (χ3n) is 5.13. The quantitative estimate of drug-likeness (QED) is 0.141. The van der Waals surface area contributed by atoms with Crippen LogP contribution in [0.5, 0.6) is 0 Å². The van der Waals surface area contributed by atoms with Crippen LogP contribution in [0.25, 0.3) is 0 Å². The van der Waals surface area contributed by atoms with Gasteiger partial charge in [-0.1, -0.05) is 69.4 Å². The summed E-state index contributed by atoms with van der Waals surface area (Å²) in [6.07, 6.45) is 9.16. The van der Waals surface area contributed by atoms with E-state index in [1.807, 2.05) is 44.1 Å². The number of hydrazine groups is 1. The summed E-state index contributed by atoms with van der Waals surface area (Å²) in [4.78, 5) is 0. The smallest absolute Gasteiger partial charge is 0.451 e. The lowest BCUT2D eigenvalue weighted by Gasteiger charge is -2.36. The van der Waals surface area contributed by atoms with Crippen molar-refractivity contribution in [3.63, 3.8) is 0 Å². The van der Waals surface area contributed by atoms with Crippen LogP contribution >= 0.6 is 0 Å². The fraction of sp³-hybridized carbons (Fsp3) is 0.481. The van der Waals surface area contributed by atoms with E-state index >= 15 is 0 Å². The minimum atomic E-state index is -4.64. The summed E-state index contributed by atoms with van der Waals surface area (Å²) in [5.74, 6) is -1.11. The highest BCUT2D eigenvalue weighted by atomic mass is 19.4. The fourth-order valence-corrected chi connectivity index (χ4v) is 3.16. The zero-order valence-electron chi connectivity index (χ0n) is 21.6. The number of nitrogens with one attached hydrogen (secondary N) is 1. The van der Waals surface area contributed by atoms with Crippen LogP contribution in [0.15, 0.2) is 84.6 Å². The van der Waals surface area contributed by atoms with Crippen LogP contribution in [0.1, 0.15) is 53.9 Å². The fourth-order valence-electron chi connectivity index (χ4n) is 3.16. The van der Waals surface area contributed by atoms with E-state index in [9.17, 15) is 13.2 Å². The number of likely N-dealkylation sites (N-methyl/N-ethyl adjacent to an activating group) is 1. The first-order valence-electron chi connectivity index (χ1n) is 11.6. The van der Waals surface area contributed by atoms with Crippen molar-refractivity contribution in [2.24, 2.45) is 0 Å². The van der Waals surface area contributed by atoms with Gasteiger partial charge in [0.25, 0.3) is 0 Å². The largest absolute Gasteiger partial charge is 0.488 e. The van der Waals surface area contributed by atoms with Gasteiger partial charge in [0.05, 0.1) is 18.8 Å². The van der Waals surface area contributed by atoms with Gasteiger partial charge in [0.1, 0.15) is 0 Å². The maximum atomic E-state index is 13.4. The molecule has 0 aromatic rings. The zero-order chi connectivity index (χ0) is 26.3. The first kappa shape index (κ1) is 31.3. The minimum Gasteiger partial charge on any atom is -0.488 e. The standard InChI is InChI=1S/C27H42F3N3O/c1-10-15-17-21(6)20-33(13-4)32(9)24(18-16-11-2)19-22(7)23(8)31-25(12-3)26(34-14-5)27(28,29)30/h10,12-13,15,17,19,24,31H,3-4,8,11,14,16,18,20H2,1-2,5-7,9H3/b15-10-,21-17+,22-19+,26-25+. The molecule has 0 aromatic heterocycles. The average molecular weight is 482 g/mol. The van der Waals surface area contributed by atoms with E-state index in [-0.39, 0.29) is 18.3 Å². The molecule has 1 N–H and O–H groups in total. The summed E-state index contributed by atoms with van der Waals surface area (Å²) in [5, 5.41) is 6.87. The average Bonchev–Trinajstić information content (AvgIpc) is 2.79. The molecule has 0 heterocycles. The van der Waals surface area contributed by atoms with Crippen molar-refractivity contribution in [2.45, 2.75) is 66.1 Å². The normalized spacial score (nSPS) is 14.6. The molecule has 0 aliphatic heterocycles. The maximum absolute atomic E-state index is 13.4. The third kappa shape index (κ3) is 11.0. The number of allylic oxidation sites excluding steroid dienone is 6. The molecular weight excluding hydrogens is 439 g/mol. The Morgan fingerprint density at radius 1 is 1.18 bits per heavy atom.